The summed E-state index contributed by atoms with van der Waals surface area (Å²) in [5.41, 5.74) is 0.233. The lowest BCUT2D eigenvalue weighted by molar-refractivity contribution is 0.0936. The van der Waals surface area contributed by atoms with Crippen molar-refractivity contribution in [2.75, 3.05) is 18.8 Å². The zero-order valence-corrected chi connectivity index (χ0v) is 11.7. The fraction of sp³-hybridized carbons (Fsp3) is 0.462. The van der Waals surface area contributed by atoms with Crippen molar-refractivity contribution in [1.82, 2.24) is 10.6 Å². The highest BCUT2D eigenvalue weighted by atomic mass is 32.2. The smallest absolute Gasteiger partial charge is 0.252 e. The van der Waals surface area contributed by atoms with E-state index in [4.69, 9.17) is 0 Å². The van der Waals surface area contributed by atoms with E-state index >= 15 is 0 Å². The molecule has 0 saturated carbocycles. The standard InChI is InChI=1S/C13H18N2O3S/c1-2-19(17,18)12-6-4-3-5-11(12)13(16)15-10-7-8-14-9-10/h3-6,10,14H,2,7-9H2,1H3,(H,15,16). The van der Waals surface area contributed by atoms with E-state index in [9.17, 15) is 13.2 Å². The predicted molar refractivity (Wildman–Crippen MR) is 72.9 cm³/mol. The van der Waals surface area contributed by atoms with Crippen LogP contribution in [0.4, 0.5) is 0 Å². The summed E-state index contributed by atoms with van der Waals surface area (Å²) in [5, 5.41) is 6.02. The first-order valence-corrected chi connectivity index (χ1v) is 8.03. The van der Waals surface area contributed by atoms with Crippen LogP contribution in [0.2, 0.25) is 0 Å². The number of nitrogens with one attached hydrogen (secondary N) is 2. The molecular formula is C13H18N2O3S. The van der Waals surface area contributed by atoms with E-state index in [-0.39, 0.29) is 28.2 Å². The van der Waals surface area contributed by atoms with Gasteiger partial charge in [-0.25, -0.2) is 8.42 Å². The molecule has 1 saturated heterocycles. The van der Waals surface area contributed by atoms with Crippen LogP contribution in [0.25, 0.3) is 0 Å². The van der Waals surface area contributed by atoms with Crippen LogP contribution in [0.15, 0.2) is 29.2 Å². The molecule has 1 aromatic rings. The van der Waals surface area contributed by atoms with Crippen molar-refractivity contribution in [3.63, 3.8) is 0 Å². The van der Waals surface area contributed by atoms with E-state index in [2.05, 4.69) is 10.6 Å². The van der Waals surface area contributed by atoms with Crippen molar-refractivity contribution in [3.8, 4) is 0 Å². The molecule has 1 heterocycles. The minimum Gasteiger partial charge on any atom is -0.348 e. The minimum atomic E-state index is -3.38. The first-order chi connectivity index (χ1) is 9.04. The van der Waals surface area contributed by atoms with Gasteiger partial charge >= 0.3 is 0 Å². The molecule has 0 aromatic heterocycles. The highest BCUT2D eigenvalue weighted by Crippen LogP contribution is 2.17. The molecule has 104 valence electrons. The topological polar surface area (TPSA) is 75.3 Å². The molecule has 2 N–H and O–H groups in total. The second kappa shape index (κ2) is 5.71. The number of benzene rings is 1. The molecule has 2 rings (SSSR count). The summed E-state index contributed by atoms with van der Waals surface area (Å²) in [6.45, 7) is 3.18. The van der Waals surface area contributed by atoms with Gasteiger partial charge in [0.1, 0.15) is 0 Å². The first-order valence-electron chi connectivity index (χ1n) is 6.38. The summed E-state index contributed by atoms with van der Waals surface area (Å²) in [5.74, 6) is -0.330. The van der Waals surface area contributed by atoms with Crippen LogP contribution in [0.3, 0.4) is 0 Å². The number of hydrogen-bond acceptors (Lipinski definition) is 4. The molecule has 1 aromatic carbocycles. The summed E-state index contributed by atoms with van der Waals surface area (Å²) in [7, 11) is -3.38. The Balaban J connectivity index is 2.26. The zero-order valence-electron chi connectivity index (χ0n) is 10.8. The Morgan fingerprint density at radius 1 is 1.42 bits per heavy atom. The predicted octanol–water partition coefficient (Wildman–Crippen LogP) is 0.572. The summed E-state index contributed by atoms with van der Waals surface area (Å²) in [4.78, 5) is 12.3. The minimum absolute atomic E-state index is 0.0116. The van der Waals surface area contributed by atoms with Crippen LogP contribution in [0.5, 0.6) is 0 Å². The van der Waals surface area contributed by atoms with Crippen molar-refractivity contribution < 1.29 is 13.2 Å². The molecule has 0 radical (unpaired) electrons. The second-order valence-corrected chi connectivity index (χ2v) is 6.81. The van der Waals surface area contributed by atoms with Crippen LogP contribution in [0, 0.1) is 0 Å². The van der Waals surface area contributed by atoms with Crippen molar-refractivity contribution >= 4 is 15.7 Å². The summed E-state index contributed by atoms with van der Waals surface area (Å²) in [6.07, 6.45) is 0.869. The van der Waals surface area contributed by atoms with Gasteiger partial charge in [-0.2, -0.15) is 0 Å². The molecule has 0 spiro atoms. The van der Waals surface area contributed by atoms with Crippen molar-refractivity contribution in [2.45, 2.75) is 24.3 Å². The van der Waals surface area contributed by atoms with E-state index in [1.54, 1.807) is 25.1 Å². The molecule has 0 bridgehead atoms. The Kier molecular flexibility index (Phi) is 4.21. The number of carbonyl (C=O) groups is 1. The molecule has 1 amide bonds. The van der Waals surface area contributed by atoms with Crippen molar-refractivity contribution in [3.05, 3.63) is 29.8 Å². The van der Waals surface area contributed by atoms with Crippen LogP contribution < -0.4 is 10.6 Å². The van der Waals surface area contributed by atoms with Gasteiger partial charge in [0.05, 0.1) is 16.2 Å². The number of sulfone groups is 1. The maximum absolute atomic E-state index is 12.2. The SMILES string of the molecule is CCS(=O)(=O)c1ccccc1C(=O)NC1CCNC1. The fourth-order valence-electron chi connectivity index (χ4n) is 2.12. The van der Waals surface area contributed by atoms with Crippen LogP contribution in [0.1, 0.15) is 23.7 Å². The molecule has 1 unspecified atom stereocenters. The van der Waals surface area contributed by atoms with Crippen molar-refractivity contribution in [1.29, 1.82) is 0 Å². The van der Waals surface area contributed by atoms with E-state index < -0.39 is 9.84 Å². The van der Waals surface area contributed by atoms with Crippen LogP contribution in [-0.4, -0.2) is 39.2 Å². The Morgan fingerprint density at radius 2 is 2.16 bits per heavy atom. The van der Waals surface area contributed by atoms with Gasteiger partial charge in [-0.1, -0.05) is 19.1 Å². The molecule has 5 nitrogen and oxygen atoms in total. The molecule has 1 atom stereocenters. The van der Waals surface area contributed by atoms with E-state index in [1.807, 2.05) is 0 Å². The average molecular weight is 282 g/mol. The third-order valence-corrected chi connectivity index (χ3v) is 5.03. The lowest BCUT2D eigenvalue weighted by atomic mass is 10.2. The van der Waals surface area contributed by atoms with Gasteiger partial charge in [-0.15, -0.1) is 0 Å². The lowest BCUT2D eigenvalue weighted by Gasteiger charge is -2.13. The molecule has 0 aliphatic carbocycles. The van der Waals surface area contributed by atoms with Gasteiger partial charge in [0, 0.05) is 12.6 Å². The Morgan fingerprint density at radius 3 is 2.79 bits per heavy atom. The van der Waals surface area contributed by atoms with Gasteiger partial charge in [0.2, 0.25) is 0 Å². The first kappa shape index (κ1) is 14.0. The molecule has 19 heavy (non-hydrogen) atoms. The normalized spacial score (nSPS) is 19.3. The number of carbonyl (C=O) groups excluding carboxylic acids is 1. The molecular weight excluding hydrogens is 264 g/mol. The molecule has 1 fully saturated rings. The Labute approximate surface area is 113 Å². The van der Waals surface area contributed by atoms with E-state index in [1.165, 1.54) is 6.07 Å². The molecule has 1 aliphatic heterocycles. The summed E-state index contributed by atoms with van der Waals surface area (Å²) >= 11 is 0. The van der Waals surface area contributed by atoms with Gasteiger partial charge in [-0.3, -0.25) is 4.79 Å². The Hall–Kier alpha value is -1.40. The van der Waals surface area contributed by atoms with Gasteiger partial charge in [-0.05, 0) is 25.1 Å². The maximum Gasteiger partial charge on any atom is 0.252 e. The monoisotopic (exact) mass is 282 g/mol. The van der Waals surface area contributed by atoms with Gasteiger partial charge in [0.25, 0.3) is 5.91 Å². The van der Waals surface area contributed by atoms with E-state index in [0.717, 1.165) is 19.5 Å². The highest BCUT2D eigenvalue weighted by Gasteiger charge is 2.23. The fourth-order valence-corrected chi connectivity index (χ4v) is 3.21. The van der Waals surface area contributed by atoms with Gasteiger partial charge < -0.3 is 10.6 Å². The largest absolute Gasteiger partial charge is 0.348 e. The zero-order chi connectivity index (χ0) is 13.9. The lowest BCUT2D eigenvalue weighted by Crippen LogP contribution is -2.36. The van der Waals surface area contributed by atoms with Gasteiger partial charge in [0.15, 0.2) is 9.84 Å². The van der Waals surface area contributed by atoms with Crippen molar-refractivity contribution in [2.24, 2.45) is 0 Å². The third kappa shape index (κ3) is 3.13. The summed E-state index contributed by atoms with van der Waals surface area (Å²) < 4.78 is 23.9. The summed E-state index contributed by atoms with van der Waals surface area (Å²) in [6, 6.07) is 6.43. The highest BCUT2D eigenvalue weighted by molar-refractivity contribution is 7.91. The number of rotatable bonds is 4. The second-order valence-electron chi connectivity index (χ2n) is 4.56. The quantitative estimate of drug-likeness (QED) is 0.846. The molecule has 6 heteroatoms. The van der Waals surface area contributed by atoms with E-state index in [0.29, 0.717) is 0 Å². The molecule has 1 aliphatic rings. The Bertz CT molecular complexity index is 563. The van der Waals surface area contributed by atoms with Crippen LogP contribution in [-0.2, 0) is 9.84 Å². The van der Waals surface area contributed by atoms with Crippen LogP contribution >= 0.6 is 0 Å². The number of amides is 1. The third-order valence-electron chi connectivity index (χ3n) is 3.24. The average Bonchev–Trinajstić information content (AvgIpc) is 2.91. The number of hydrogen-bond donors (Lipinski definition) is 2. The maximum atomic E-state index is 12.2.